The molecule has 4 N–H and O–H groups in total. The van der Waals surface area contributed by atoms with Crippen LogP contribution in [0.2, 0.25) is 0 Å². The minimum atomic E-state index is -0.680. The van der Waals surface area contributed by atoms with Crippen molar-refractivity contribution in [1.29, 1.82) is 0 Å². The molecule has 324 valence electrons. The molecule has 6 atom stereocenters. The lowest BCUT2D eigenvalue weighted by atomic mass is 9.95. The van der Waals surface area contributed by atoms with Gasteiger partial charge in [-0.25, -0.2) is 14.6 Å². The van der Waals surface area contributed by atoms with Crippen LogP contribution < -0.4 is 10.6 Å². The highest BCUT2D eigenvalue weighted by Crippen LogP contribution is 2.58. The predicted octanol–water partition coefficient (Wildman–Crippen LogP) is 8.76. The van der Waals surface area contributed by atoms with Crippen molar-refractivity contribution >= 4 is 34.8 Å². The molecule has 13 nitrogen and oxygen atoms in total. The molecule has 0 radical (unpaired) electrons. The number of piperidine rings is 1. The first-order valence-corrected chi connectivity index (χ1v) is 22.1. The fourth-order valence-electron chi connectivity index (χ4n) is 10.3. The molecular formula is C49H57N7O6. The quantitative estimate of drug-likeness (QED) is 0.103. The molecule has 62 heavy (non-hydrogen) atoms. The molecule has 2 bridgehead atoms. The Hall–Kier alpha value is -6.11. The van der Waals surface area contributed by atoms with E-state index in [0.717, 1.165) is 94.5 Å². The Balaban J connectivity index is 0.893. The molecule has 9 rings (SSSR count). The molecule has 4 fully saturated rings. The molecule has 1 unspecified atom stereocenters. The first-order valence-electron chi connectivity index (χ1n) is 22.1. The van der Waals surface area contributed by atoms with Crippen molar-refractivity contribution < 1.29 is 28.7 Å². The number of likely N-dealkylation sites (tertiary alicyclic amines) is 2. The minimum absolute atomic E-state index is 0.0675. The molecule has 2 saturated carbocycles. The Morgan fingerprint density at radius 1 is 0.726 bits per heavy atom. The predicted molar refractivity (Wildman–Crippen MR) is 237 cm³/mol. The van der Waals surface area contributed by atoms with E-state index in [4.69, 9.17) is 14.5 Å². The van der Waals surface area contributed by atoms with Gasteiger partial charge in [-0.2, -0.15) is 0 Å². The number of carbonyl (C=O) groups is 4. The van der Waals surface area contributed by atoms with Gasteiger partial charge >= 0.3 is 12.2 Å². The lowest BCUT2D eigenvalue weighted by molar-refractivity contribution is -0.139. The molecule has 4 aliphatic rings. The van der Waals surface area contributed by atoms with Crippen LogP contribution in [-0.4, -0.2) is 87.6 Å². The number of fused-ring (bicyclic) bond motifs is 3. The van der Waals surface area contributed by atoms with E-state index in [1.54, 1.807) is 0 Å². The number of hydrogen-bond acceptors (Lipinski definition) is 7. The normalized spacial score (nSPS) is 22.1. The lowest BCUT2D eigenvalue weighted by Crippen LogP contribution is -2.54. The standard InChI is InChI=1S/C49H57N7O6/c1-27(2)41(53-47(59)61-5)45(57)55-26-49(19-20-49)24-40(55)38-18-17-37(51-38)30-9-7-29(8-10-30)31-11-12-33-22-34(14-13-32(33)21-31)39-25-50-44(52-39)43-35-15-16-36(23-35)56(43)46(58)42(28(3)4)54-48(60)62-6/h7-14,17-18,21-22,25,27-28,35-36,40-43,51H,15-16,19-20,23-24,26H2,1-6H3,(H,50,52)(H,53,59)(H,54,60)/t35-,36+,40-,41-,42-,43?/m0/s1. The average Bonchev–Trinajstić information content (AvgIpc) is 3.91. The summed E-state index contributed by atoms with van der Waals surface area (Å²) < 4.78 is 9.67. The van der Waals surface area contributed by atoms with Crippen molar-refractivity contribution in [1.82, 2.24) is 35.4 Å². The van der Waals surface area contributed by atoms with Gasteiger partial charge in [0, 0.05) is 29.5 Å². The van der Waals surface area contributed by atoms with Crippen LogP contribution in [-0.2, 0) is 19.1 Å². The number of rotatable bonds is 11. The van der Waals surface area contributed by atoms with Crippen LogP contribution in [0.1, 0.15) is 89.8 Å². The first kappa shape index (κ1) is 41.3. The maximum Gasteiger partial charge on any atom is 0.407 e. The fourth-order valence-corrected chi connectivity index (χ4v) is 10.3. The molecule has 2 aromatic heterocycles. The third kappa shape index (κ3) is 7.70. The van der Waals surface area contributed by atoms with Gasteiger partial charge < -0.3 is 39.9 Å². The molecule has 2 aliphatic carbocycles. The zero-order valence-electron chi connectivity index (χ0n) is 36.4. The summed E-state index contributed by atoms with van der Waals surface area (Å²) in [7, 11) is 2.63. The van der Waals surface area contributed by atoms with Gasteiger partial charge in [0.25, 0.3) is 0 Å². The van der Waals surface area contributed by atoms with E-state index in [1.807, 2.05) is 43.7 Å². The van der Waals surface area contributed by atoms with Crippen LogP contribution in [0.25, 0.3) is 44.4 Å². The molecule has 3 aromatic carbocycles. The number of methoxy groups -OCH3 is 2. The number of H-pyrrole nitrogens is 2. The Morgan fingerprint density at radius 2 is 1.34 bits per heavy atom. The van der Waals surface area contributed by atoms with Gasteiger partial charge in [-0.15, -0.1) is 0 Å². The Bertz CT molecular complexity index is 2500. The summed E-state index contributed by atoms with van der Waals surface area (Å²) in [4.78, 5) is 68.2. The van der Waals surface area contributed by atoms with E-state index in [0.29, 0.717) is 12.5 Å². The second kappa shape index (κ2) is 16.3. The number of alkyl carbamates (subject to hydrolysis) is 2. The Morgan fingerprint density at radius 3 is 1.98 bits per heavy atom. The van der Waals surface area contributed by atoms with Crippen molar-refractivity contribution in [3.63, 3.8) is 0 Å². The van der Waals surface area contributed by atoms with E-state index in [-0.39, 0.29) is 47.2 Å². The largest absolute Gasteiger partial charge is 0.453 e. The van der Waals surface area contributed by atoms with Crippen LogP contribution in [0.15, 0.2) is 79.0 Å². The highest BCUT2D eigenvalue weighted by atomic mass is 16.5. The van der Waals surface area contributed by atoms with Crippen LogP contribution >= 0.6 is 0 Å². The van der Waals surface area contributed by atoms with Gasteiger partial charge in [-0.3, -0.25) is 9.59 Å². The Kier molecular flexibility index (Phi) is 10.8. The molecule has 2 saturated heterocycles. The van der Waals surface area contributed by atoms with E-state index in [9.17, 15) is 19.2 Å². The molecule has 1 spiro atoms. The van der Waals surface area contributed by atoms with Gasteiger partial charge in [0.1, 0.15) is 17.9 Å². The van der Waals surface area contributed by atoms with Gasteiger partial charge in [-0.05, 0) is 113 Å². The number of amides is 4. The zero-order valence-corrected chi connectivity index (χ0v) is 36.4. The first-order chi connectivity index (χ1) is 29.8. The topological polar surface area (TPSA) is 162 Å². The van der Waals surface area contributed by atoms with Crippen molar-refractivity contribution in [3.05, 3.63) is 90.5 Å². The highest BCUT2D eigenvalue weighted by Gasteiger charge is 2.55. The molecule has 5 aromatic rings. The van der Waals surface area contributed by atoms with Crippen LogP contribution in [0.5, 0.6) is 0 Å². The average molecular weight is 840 g/mol. The number of nitrogens with zero attached hydrogens (tertiary/aromatic N) is 3. The smallest absolute Gasteiger partial charge is 0.407 e. The molecule has 4 heterocycles. The summed E-state index contributed by atoms with van der Waals surface area (Å²) in [6.45, 7) is 8.45. The summed E-state index contributed by atoms with van der Waals surface area (Å²) in [5.74, 6) is 0.757. The van der Waals surface area contributed by atoms with E-state index < -0.39 is 24.3 Å². The summed E-state index contributed by atoms with van der Waals surface area (Å²) in [5, 5.41) is 7.77. The highest BCUT2D eigenvalue weighted by molar-refractivity contribution is 5.91. The summed E-state index contributed by atoms with van der Waals surface area (Å²) in [5.41, 5.74) is 7.36. The van der Waals surface area contributed by atoms with Crippen molar-refractivity contribution in [2.45, 2.75) is 96.4 Å². The number of nitrogens with one attached hydrogen (secondary N) is 4. The van der Waals surface area contributed by atoms with Gasteiger partial charge in [-0.1, -0.05) is 76.2 Å². The zero-order chi connectivity index (χ0) is 43.4. The number of carbonyl (C=O) groups excluding carboxylic acids is 4. The van der Waals surface area contributed by atoms with E-state index in [1.165, 1.54) is 14.2 Å². The second-order valence-corrected chi connectivity index (χ2v) is 18.7. The van der Waals surface area contributed by atoms with Crippen LogP contribution in [0.3, 0.4) is 0 Å². The van der Waals surface area contributed by atoms with E-state index >= 15 is 0 Å². The van der Waals surface area contributed by atoms with Crippen molar-refractivity contribution in [2.75, 3.05) is 20.8 Å². The SMILES string of the molecule is COC(=O)N[C@H](C(=O)N1CC2(CC2)C[C@H]1c1ccc(-c2ccc(-c3ccc4cc(-c5cnc(C6[C@H]7CC[C@H](C7)N6C(=O)[C@@H](NC(=O)OC)C(C)C)[nH]5)ccc4c3)cc2)[nH]1)C(C)C. The number of imidazole rings is 1. The summed E-state index contributed by atoms with van der Waals surface area (Å²) in [6, 6.07) is 24.2. The monoisotopic (exact) mass is 839 g/mol. The molecule has 4 amide bonds. The third-order valence-electron chi connectivity index (χ3n) is 14.0. The second-order valence-electron chi connectivity index (χ2n) is 18.7. The summed E-state index contributed by atoms with van der Waals surface area (Å²) >= 11 is 0. The van der Waals surface area contributed by atoms with Crippen LogP contribution in [0.4, 0.5) is 9.59 Å². The van der Waals surface area contributed by atoms with Crippen molar-refractivity contribution in [2.24, 2.45) is 23.2 Å². The van der Waals surface area contributed by atoms with Gasteiger partial charge in [0.05, 0.1) is 38.2 Å². The number of hydrogen-bond donors (Lipinski definition) is 4. The fraction of sp³-hybridized carbons (Fsp3) is 0.449. The van der Waals surface area contributed by atoms with E-state index in [2.05, 4.69) is 93.4 Å². The summed E-state index contributed by atoms with van der Waals surface area (Å²) in [6.07, 6.45) is 6.74. The Labute approximate surface area is 362 Å². The van der Waals surface area contributed by atoms with Gasteiger partial charge in [0.2, 0.25) is 11.8 Å². The van der Waals surface area contributed by atoms with Crippen LogP contribution in [0, 0.1) is 23.2 Å². The number of aromatic amines is 2. The minimum Gasteiger partial charge on any atom is -0.453 e. The van der Waals surface area contributed by atoms with Gasteiger partial charge in [0.15, 0.2) is 0 Å². The molecule has 13 heteroatoms. The molecule has 2 aliphatic heterocycles. The number of aromatic nitrogens is 3. The third-order valence-corrected chi connectivity index (χ3v) is 14.0. The molecular weight excluding hydrogens is 783 g/mol. The lowest BCUT2D eigenvalue weighted by Gasteiger charge is -2.37. The van der Waals surface area contributed by atoms with Crippen molar-refractivity contribution in [3.8, 4) is 33.6 Å². The number of benzene rings is 3. The maximum atomic E-state index is 14.0. The number of ether oxygens (including phenoxy) is 2. The maximum absolute atomic E-state index is 14.0.